The van der Waals surface area contributed by atoms with Crippen LogP contribution in [-0.2, 0) is 0 Å². The van der Waals surface area contributed by atoms with Gasteiger partial charge in [0.1, 0.15) is 23.2 Å². The van der Waals surface area contributed by atoms with E-state index in [9.17, 15) is 5.26 Å². The molecule has 0 N–H and O–H groups in total. The third-order valence-electron chi connectivity index (χ3n) is 4.40. The van der Waals surface area contributed by atoms with E-state index < -0.39 is 0 Å². The Morgan fingerprint density at radius 3 is 2.31 bits per heavy atom. The van der Waals surface area contributed by atoms with Crippen molar-refractivity contribution in [2.75, 3.05) is 6.26 Å². The average Bonchev–Trinajstić information content (AvgIpc) is 3.42. The highest BCUT2D eigenvalue weighted by Gasteiger charge is 2.25. The lowest BCUT2D eigenvalue weighted by Crippen LogP contribution is -2.02. The van der Waals surface area contributed by atoms with Gasteiger partial charge in [0.05, 0.1) is 26.9 Å². The number of rotatable bonds is 5. The lowest BCUT2D eigenvalue weighted by Gasteiger charge is -2.10. The van der Waals surface area contributed by atoms with E-state index in [1.165, 1.54) is 11.8 Å². The van der Waals surface area contributed by atoms with Crippen LogP contribution in [0.4, 0.5) is 0 Å². The maximum absolute atomic E-state index is 10.1. The Bertz CT molecular complexity index is 1190. The van der Waals surface area contributed by atoms with Crippen molar-refractivity contribution >= 4 is 38.2 Å². The van der Waals surface area contributed by atoms with Crippen molar-refractivity contribution in [3.8, 4) is 23.0 Å². The quantitative estimate of drug-likeness (QED) is 0.312. The monoisotopic (exact) mass is 461 g/mol. The minimum absolute atomic E-state index is 0.498. The van der Waals surface area contributed by atoms with Crippen LogP contribution in [0.2, 0.25) is 0 Å². The van der Waals surface area contributed by atoms with Gasteiger partial charge in [0.15, 0.2) is 0 Å². The number of nitriles is 1. The van der Waals surface area contributed by atoms with E-state index in [1.54, 1.807) is 6.26 Å². The number of thioether (sulfide) groups is 1. The topological polar surface area (TPSA) is 54.8 Å². The fraction of sp³-hybridized carbons (Fsp3) is 0.0435. The first kappa shape index (κ1) is 19.3. The summed E-state index contributed by atoms with van der Waals surface area (Å²) < 4.78 is 8.17. The van der Waals surface area contributed by atoms with Crippen LogP contribution in [0.1, 0.15) is 11.5 Å². The highest BCUT2D eigenvalue weighted by Crippen LogP contribution is 2.41. The molecule has 0 saturated heterocycles. The number of allylic oxidation sites excluding steroid dienone is 1. The lowest BCUT2D eigenvalue weighted by molar-refractivity contribution is 0.556. The van der Waals surface area contributed by atoms with Gasteiger partial charge in [0.2, 0.25) is 0 Å². The van der Waals surface area contributed by atoms with E-state index in [0.717, 1.165) is 26.3 Å². The van der Waals surface area contributed by atoms with Crippen LogP contribution < -0.4 is 0 Å². The van der Waals surface area contributed by atoms with Gasteiger partial charge in [-0.1, -0.05) is 48.5 Å². The number of furan rings is 1. The van der Waals surface area contributed by atoms with Gasteiger partial charge in [0.25, 0.3) is 0 Å². The second-order valence-electron chi connectivity index (χ2n) is 6.12. The van der Waals surface area contributed by atoms with Crippen molar-refractivity contribution in [2.45, 2.75) is 0 Å². The first-order valence-electron chi connectivity index (χ1n) is 8.86. The van der Waals surface area contributed by atoms with Crippen molar-refractivity contribution in [1.82, 2.24) is 9.78 Å². The van der Waals surface area contributed by atoms with Crippen molar-refractivity contribution in [3.05, 3.63) is 95.0 Å². The number of para-hydroxylation sites is 1. The molecule has 4 nitrogen and oxygen atoms in total. The first-order chi connectivity index (χ1) is 14.2. The number of halogens is 1. The molecule has 4 rings (SSSR count). The van der Waals surface area contributed by atoms with Crippen LogP contribution in [0.15, 0.2) is 87.9 Å². The Hall–Kier alpha value is -3.01. The Labute approximate surface area is 181 Å². The van der Waals surface area contributed by atoms with E-state index >= 15 is 0 Å². The first-order valence-corrected chi connectivity index (χ1v) is 10.9. The fourth-order valence-electron chi connectivity index (χ4n) is 3.10. The molecule has 0 spiro atoms. The normalized spacial score (nSPS) is 11.8. The zero-order valence-corrected chi connectivity index (χ0v) is 17.9. The summed E-state index contributed by atoms with van der Waals surface area (Å²) in [5.74, 6) is 0.656. The zero-order valence-electron chi connectivity index (χ0n) is 15.5. The number of hydrogen-bond acceptors (Lipinski definition) is 4. The molecule has 0 bridgehead atoms. The van der Waals surface area contributed by atoms with Crippen LogP contribution >= 0.6 is 27.7 Å². The fourth-order valence-corrected chi connectivity index (χ4v) is 4.43. The van der Waals surface area contributed by atoms with Crippen molar-refractivity contribution in [1.29, 1.82) is 5.26 Å². The van der Waals surface area contributed by atoms with Gasteiger partial charge in [-0.05, 0) is 46.5 Å². The second kappa shape index (κ2) is 8.56. The van der Waals surface area contributed by atoms with Gasteiger partial charge in [0, 0.05) is 5.56 Å². The maximum Gasteiger partial charge on any atom is 0.141 e. The van der Waals surface area contributed by atoms with Gasteiger partial charge in [-0.15, -0.1) is 11.8 Å². The molecule has 0 radical (unpaired) electrons. The predicted molar refractivity (Wildman–Crippen MR) is 121 cm³/mol. The molecule has 0 amide bonds. The Balaban J connectivity index is 2.04. The third-order valence-corrected chi connectivity index (χ3v) is 5.97. The SMILES string of the molecule is CS/C(=C(/C#N)c1c(Br)c(-c2ccccc2)nn1-c1ccccc1)c1ccco1. The largest absolute Gasteiger partial charge is 0.464 e. The summed E-state index contributed by atoms with van der Waals surface area (Å²) in [4.78, 5) is 0.759. The molecule has 2 aromatic carbocycles. The summed E-state index contributed by atoms with van der Waals surface area (Å²) in [6.45, 7) is 0. The molecule has 0 aliphatic rings. The van der Waals surface area contributed by atoms with Crippen molar-refractivity contribution in [3.63, 3.8) is 0 Å². The van der Waals surface area contributed by atoms with Crippen molar-refractivity contribution in [2.24, 2.45) is 0 Å². The Morgan fingerprint density at radius 2 is 1.72 bits per heavy atom. The van der Waals surface area contributed by atoms with Crippen LogP contribution in [-0.4, -0.2) is 16.0 Å². The van der Waals surface area contributed by atoms with E-state index in [1.807, 2.05) is 83.7 Å². The van der Waals surface area contributed by atoms with Crippen LogP contribution in [0.3, 0.4) is 0 Å². The lowest BCUT2D eigenvalue weighted by atomic mass is 10.1. The summed E-state index contributed by atoms with van der Waals surface area (Å²) in [5, 5.41) is 15.0. The molecule has 0 fully saturated rings. The molecule has 0 unspecified atom stereocenters. The molecule has 2 heterocycles. The minimum atomic E-state index is 0.498. The third kappa shape index (κ3) is 3.67. The summed E-state index contributed by atoms with van der Waals surface area (Å²) in [7, 11) is 0. The number of benzene rings is 2. The molecule has 142 valence electrons. The smallest absolute Gasteiger partial charge is 0.141 e. The highest BCUT2D eigenvalue weighted by atomic mass is 79.9. The zero-order chi connectivity index (χ0) is 20.2. The Morgan fingerprint density at radius 1 is 1.03 bits per heavy atom. The van der Waals surface area contributed by atoms with Gasteiger partial charge < -0.3 is 4.42 Å². The molecule has 29 heavy (non-hydrogen) atoms. The molecular formula is C23H16BrN3OS. The van der Waals surface area contributed by atoms with E-state index in [4.69, 9.17) is 9.52 Å². The van der Waals surface area contributed by atoms with E-state index in [0.29, 0.717) is 17.0 Å². The van der Waals surface area contributed by atoms with E-state index in [-0.39, 0.29) is 0 Å². The molecule has 0 aliphatic carbocycles. The predicted octanol–water partition coefficient (Wildman–Crippen LogP) is 6.65. The summed E-state index contributed by atoms with van der Waals surface area (Å²) in [6.07, 6.45) is 3.55. The summed E-state index contributed by atoms with van der Waals surface area (Å²) in [5.41, 5.74) is 3.81. The molecule has 0 atom stereocenters. The van der Waals surface area contributed by atoms with Crippen LogP contribution in [0, 0.1) is 11.3 Å². The maximum atomic E-state index is 10.1. The second-order valence-corrected chi connectivity index (χ2v) is 7.73. The molecule has 2 aromatic heterocycles. The van der Waals surface area contributed by atoms with Gasteiger partial charge in [-0.25, -0.2) is 4.68 Å². The molecule has 0 aliphatic heterocycles. The molecule has 4 aromatic rings. The van der Waals surface area contributed by atoms with Gasteiger partial charge >= 0.3 is 0 Å². The molecule has 0 saturated carbocycles. The number of hydrogen-bond donors (Lipinski definition) is 0. The molecular weight excluding hydrogens is 446 g/mol. The highest BCUT2D eigenvalue weighted by molar-refractivity contribution is 9.10. The van der Waals surface area contributed by atoms with Crippen LogP contribution in [0.5, 0.6) is 0 Å². The standard InChI is InChI=1S/C23H16BrN3OS/c1-29-23(19-13-8-14-28-19)18(15-25)22-20(24)21(16-9-4-2-5-10-16)26-27(22)17-11-6-3-7-12-17/h2-14H,1H3/b23-18-. The average molecular weight is 462 g/mol. The summed E-state index contributed by atoms with van der Waals surface area (Å²) >= 11 is 5.20. The minimum Gasteiger partial charge on any atom is -0.464 e. The van der Waals surface area contributed by atoms with Crippen molar-refractivity contribution < 1.29 is 4.42 Å². The van der Waals surface area contributed by atoms with Gasteiger partial charge in [-0.3, -0.25) is 0 Å². The summed E-state index contributed by atoms with van der Waals surface area (Å²) in [6, 6.07) is 25.8. The van der Waals surface area contributed by atoms with E-state index in [2.05, 4.69) is 22.0 Å². The van der Waals surface area contributed by atoms with Crippen LogP contribution in [0.25, 0.3) is 27.4 Å². The Kier molecular flexibility index (Phi) is 5.70. The molecule has 6 heteroatoms. The number of nitrogens with zero attached hydrogens (tertiary/aromatic N) is 3. The van der Waals surface area contributed by atoms with Gasteiger partial charge in [-0.2, -0.15) is 10.4 Å². The number of aromatic nitrogens is 2.